The Hall–Kier alpha value is -2.87. The topological polar surface area (TPSA) is 98.7 Å². The van der Waals surface area contributed by atoms with Crippen LogP contribution in [-0.4, -0.2) is 41.1 Å². The number of carbonyl (C=O) groups excluding carboxylic acids is 2. The van der Waals surface area contributed by atoms with Gasteiger partial charge in [-0.05, 0) is 42.4 Å². The van der Waals surface area contributed by atoms with E-state index in [9.17, 15) is 9.59 Å². The van der Waals surface area contributed by atoms with Crippen LogP contribution in [0.5, 0.6) is 5.88 Å². The number of likely N-dealkylation sites (tertiary alicyclic amines) is 1. The lowest BCUT2D eigenvalue weighted by Gasteiger charge is -2.16. The predicted molar refractivity (Wildman–Crippen MR) is 115 cm³/mol. The van der Waals surface area contributed by atoms with E-state index in [1.807, 2.05) is 43.0 Å². The van der Waals surface area contributed by atoms with E-state index in [4.69, 9.17) is 15.0 Å². The van der Waals surface area contributed by atoms with Crippen LogP contribution in [0.3, 0.4) is 0 Å². The van der Waals surface area contributed by atoms with Gasteiger partial charge < -0.3 is 19.9 Å². The van der Waals surface area contributed by atoms with Crippen molar-refractivity contribution in [1.82, 2.24) is 10.1 Å². The van der Waals surface area contributed by atoms with Gasteiger partial charge in [-0.15, -0.1) is 11.3 Å². The molecule has 1 saturated heterocycles. The molecule has 4 rings (SSSR count). The molecule has 0 bridgehead atoms. The van der Waals surface area contributed by atoms with Gasteiger partial charge in [-0.2, -0.15) is 0 Å². The molecule has 2 amide bonds. The molecule has 7 nitrogen and oxygen atoms in total. The fourth-order valence-electron chi connectivity index (χ4n) is 3.97. The van der Waals surface area contributed by atoms with Gasteiger partial charge in [-0.3, -0.25) is 9.59 Å². The van der Waals surface area contributed by atoms with Gasteiger partial charge in [0.05, 0.1) is 11.0 Å². The number of nitrogens with two attached hydrogens (primary N) is 1. The molecule has 0 aliphatic carbocycles. The van der Waals surface area contributed by atoms with Crippen LogP contribution in [0, 0.1) is 0 Å². The summed E-state index contributed by atoms with van der Waals surface area (Å²) in [6.45, 7) is 5.10. The van der Waals surface area contributed by atoms with Crippen LogP contribution >= 0.6 is 11.3 Å². The Morgan fingerprint density at radius 1 is 1.37 bits per heavy atom. The quantitative estimate of drug-likeness (QED) is 0.619. The summed E-state index contributed by atoms with van der Waals surface area (Å²) < 4.78 is 11.8. The number of aryl methyl sites for hydroxylation is 1. The Morgan fingerprint density at radius 2 is 2.17 bits per heavy atom. The molecule has 30 heavy (non-hydrogen) atoms. The number of hydrogen-bond donors (Lipinski definition) is 1. The maximum atomic E-state index is 12.7. The number of aromatic nitrogens is 1. The third-order valence-corrected chi connectivity index (χ3v) is 6.49. The largest absolute Gasteiger partial charge is 0.473 e. The molecule has 0 spiro atoms. The molecule has 3 aromatic rings. The minimum atomic E-state index is -0.402. The van der Waals surface area contributed by atoms with E-state index >= 15 is 0 Å². The van der Waals surface area contributed by atoms with Crippen molar-refractivity contribution in [3.8, 4) is 5.88 Å². The standard InChI is InChI=1S/C22H25N3O4S/c1-13(2)28-18-11-15(29-24-18)7-8-19(26)25-10-9-14(12-25)20-16-5-3-4-6-17(16)30-21(20)22(23)27/h3-6,11,13-14H,7-10,12H2,1-2H3,(H2,23,27)/t14-/m0/s1. The first kappa shape index (κ1) is 20.4. The van der Waals surface area contributed by atoms with Crippen LogP contribution in [0.15, 0.2) is 34.9 Å². The summed E-state index contributed by atoms with van der Waals surface area (Å²) in [6.07, 6.45) is 1.66. The molecule has 158 valence electrons. The van der Waals surface area contributed by atoms with Crippen molar-refractivity contribution in [1.29, 1.82) is 0 Å². The molecule has 2 aromatic heterocycles. The lowest BCUT2D eigenvalue weighted by Crippen LogP contribution is -2.28. The lowest BCUT2D eigenvalue weighted by atomic mass is 9.95. The average molecular weight is 428 g/mol. The van der Waals surface area contributed by atoms with Crippen LogP contribution in [0.2, 0.25) is 0 Å². The average Bonchev–Trinajstić information content (AvgIpc) is 3.43. The third-order valence-electron chi connectivity index (χ3n) is 5.29. The van der Waals surface area contributed by atoms with E-state index in [0.29, 0.717) is 42.4 Å². The van der Waals surface area contributed by atoms with E-state index < -0.39 is 5.91 Å². The lowest BCUT2D eigenvalue weighted by molar-refractivity contribution is -0.130. The monoisotopic (exact) mass is 427 g/mol. The van der Waals surface area contributed by atoms with E-state index in [2.05, 4.69) is 5.16 Å². The highest BCUT2D eigenvalue weighted by Crippen LogP contribution is 2.40. The van der Waals surface area contributed by atoms with E-state index in [0.717, 1.165) is 22.1 Å². The Bertz CT molecular complexity index is 1070. The van der Waals surface area contributed by atoms with E-state index in [1.54, 1.807) is 6.07 Å². The third kappa shape index (κ3) is 4.18. The summed E-state index contributed by atoms with van der Waals surface area (Å²) in [5.41, 5.74) is 6.64. The second-order valence-corrected chi connectivity index (χ2v) is 8.88. The van der Waals surface area contributed by atoms with Gasteiger partial charge >= 0.3 is 0 Å². The molecule has 0 unspecified atom stereocenters. The van der Waals surface area contributed by atoms with Gasteiger partial charge in [-0.25, -0.2) is 0 Å². The van der Waals surface area contributed by atoms with Crippen molar-refractivity contribution in [2.45, 2.75) is 45.1 Å². The van der Waals surface area contributed by atoms with Gasteiger partial charge in [0.2, 0.25) is 5.91 Å². The molecular formula is C22H25N3O4S. The second-order valence-electron chi connectivity index (χ2n) is 7.83. The number of ether oxygens (including phenoxy) is 1. The Labute approximate surface area is 178 Å². The smallest absolute Gasteiger partial charge is 0.259 e. The zero-order valence-corrected chi connectivity index (χ0v) is 17.9. The number of carbonyl (C=O) groups is 2. The van der Waals surface area contributed by atoms with Crippen molar-refractivity contribution in [3.63, 3.8) is 0 Å². The summed E-state index contributed by atoms with van der Waals surface area (Å²) in [5, 5.41) is 4.93. The summed E-state index contributed by atoms with van der Waals surface area (Å²) in [4.78, 5) is 27.2. The van der Waals surface area contributed by atoms with Gasteiger partial charge in [0.1, 0.15) is 5.76 Å². The number of fused-ring (bicyclic) bond motifs is 1. The molecule has 1 aliphatic heterocycles. The zero-order valence-electron chi connectivity index (χ0n) is 17.1. The van der Waals surface area contributed by atoms with Gasteiger partial charge in [-0.1, -0.05) is 18.2 Å². The Kier molecular flexibility index (Phi) is 5.76. The van der Waals surface area contributed by atoms with Gasteiger partial charge in [0.25, 0.3) is 11.8 Å². The Morgan fingerprint density at radius 3 is 2.93 bits per heavy atom. The Balaban J connectivity index is 1.42. The predicted octanol–water partition coefficient (Wildman–Crippen LogP) is 3.72. The molecule has 1 fully saturated rings. The minimum Gasteiger partial charge on any atom is -0.473 e. The first-order valence-corrected chi connectivity index (χ1v) is 10.9. The first-order valence-electron chi connectivity index (χ1n) is 10.1. The number of amides is 2. The van der Waals surface area contributed by atoms with Crippen molar-refractivity contribution < 1.29 is 18.8 Å². The molecular weight excluding hydrogens is 402 g/mol. The first-order chi connectivity index (χ1) is 14.4. The molecule has 2 N–H and O–H groups in total. The minimum absolute atomic E-state index is 0.0181. The summed E-state index contributed by atoms with van der Waals surface area (Å²) >= 11 is 1.43. The maximum Gasteiger partial charge on any atom is 0.259 e. The highest BCUT2D eigenvalue weighted by molar-refractivity contribution is 7.21. The van der Waals surface area contributed by atoms with Crippen molar-refractivity contribution in [2.75, 3.05) is 13.1 Å². The fourth-order valence-corrected chi connectivity index (χ4v) is 5.11. The molecule has 0 radical (unpaired) electrons. The number of nitrogens with zero attached hydrogens (tertiary/aromatic N) is 2. The second kappa shape index (κ2) is 8.47. The molecule has 1 aromatic carbocycles. The van der Waals surface area contributed by atoms with E-state index in [1.165, 1.54) is 11.3 Å². The van der Waals surface area contributed by atoms with Crippen LogP contribution < -0.4 is 10.5 Å². The van der Waals surface area contributed by atoms with Crippen LogP contribution in [0.25, 0.3) is 10.1 Å². The number of benzene rings is 1. The highest BCUT2D eigenvalue weighted by Gasteiger charge is 2.32. The SMILES string of the molecule is CC(C)Oc1cc(CCC(=O)N2CC[C@H](c3c(C(N)=O)sc4ccccc34)C2)on1. The van der Waals surface area contributed by atoms with Crippen LogP contribution in [0.1, 0.15) is 53.6 Å². The molecule has 8 heteroatoms. The van der Waals surface area contributed by atoms with Crippen molar-refractivity contribution >= 4 is 33.2 Å². The van der Waals surface area contributed by atoms with Gasteiger partial charge in [0, 0.05) is 42.6 Å². The number of rotatable bonds is 7. The maximum absolute atomic E-state index is 12.7. The highest BCUT2D eigenvalue weighted by atomic mass is 32.1. The van der Waals surface area contributed by atoms with Crippen molar-refractivity contribution in [3.05, 3.63) is 46.5 Å². The van der Waals surface area contributed by atoms with Crippen LogP contribution in [-0.2, 0) is 11.2 Å². The van der Waals surface area contributed by atoms with E-state index in [-0.39, 0.29) is 17.9 Å². The summed E-state index contributed by atoms with van der Waals surface area (Å²) in [5.74, 6) is 0.858. The summed E-state index contributed by atoms with van der Waals surface area (Å²) in [7, 11) is 0. The van der Waals surface area contributed by atoms with Gasteiger partial charge in [0.15, 0.2) is 0 Å². The molecule has 0 saturated carbocycles. The summed E-state index contributed by atoms with van der Waals surface area (Å²) in [6, 6.07) is 9.69. The van der Waals surface area contributed by atoms with Crippen molar-refractivity contribution in [2.24, 2.45) is 5.73 Å². The normalized spacial score (nSPS) is 16.5. The van der Waals surface area contributed by atoms with Crippen LogP contribution in [0.4, 0.5) is 0 Å². The zero-order chi connectivity index (χ0) is 21.3. The molecule has 3 heterocycles. The molecule has 1 aliphatic rings. The number of hydrogen-bond acceptors (Lipinski definition) is 6. The number of primary amides is 1. The fraction of sp³-hybridized carbons (Fsp3) is 0.409. The number of thiophene rings is 1. The molecule has 1 atom stereocenters.